The van der Waals surface area contributed by atoms with Gasteiger partial charge in [-0.15, -0.1) is 0 Å². The Kier molecular flexibility index (Phi) is 8.78. The molecule has 0 spiro atoms. The van der Waals surface area contributed by atoms with Gasteiger partial charge in [-0.1, -0.05) is 53.5 Å². The molecule has 0 aliphatic heterocycles. The van der Waals surface area contributed by atoms with E-state index in [-0.39, 0.29) is 6.61 Å². The van der Waals surface area contributed by atoms with Gasteiger partial charge in [-0.3, -0.25) is 4.79 Å². The average molecular weight is 473 g/mol. The zero-order valence-electron chi connectivity index (χ0n) is 17.4. The number of amides is 1. The minimum atomic E-state index is -0.440. The van der Waals surface area contributed by atoms with E-state index in [1.165, 1.54) is 12.3 Å². The predicted octanol–water partition coefficient (Wildman–Crippen LogP) is 5.50. The Labute approximate surface area is 196 Å². The number of carbonyl (C=O) groups excluding carboxylic acids is 1. The average Bonchev–Trinajstić information content (AvgIpc) is 2.80. The highest BCUT2D eigenvalue weighted by molar-refractivity contribution is 6.34. The highest BCUT2D eigenvalue weighted by Gasteiger charge is 2.08. The molecule has 1 amide bonds. The van der Waals surface area contributed by atoms with Crippen LogP contribution in [-0.2, 0) is 11.4 Å². The summed E-state index contributed by atoms with van der Waals surface area (Å²) in [6.07, 6.45) is 1.51. The molecule has 0 atom stereocenters. The van der Waals surface area contributed by atoms with Crippen molar-refractivity contribution in [1.82, 2.24) is 5.43 Å². The maximum absolute atomic E-state index is 12.0. The molecule has 0 fully saturated rings. The molecule has 3 aromatic carbocycles. The van der Waals surface area contributed by atoms with E-state index in [1.807, 2.05) is 43.3 Å². The SMILES string of the molecule is CCOc1cc(C=NNC(=O)COc2cc(Cl)ccc2Cl)ccc1OCc1ccccc1. The molecule has 0 aliphatic rings. The molecule has 0 aliphatic carbocycles. The third kappa shape index (κ3) is 7.18. The van der Waals surface area contributed by atoms with E-state index in [4.69, 9.17) is 37.4 Å². The number of hydrazone groups is 1. The third-order valence-electron chi connectivity index (χ3n) is 4.16. The van der Waals surface area contributed by atoms with Crippen molar-refractivity contribution >= 4 is 35.3 Å². The second-order valence-corrected chi connectivity index (χ2v) is 7.41. The van der Waals surface area contributed by atoms with Crippen molar-refractivity contribution in [3.63, 3.8) is 0 Å². The van der Waals surface area contributed by atoms with Crippen molar-refractivity contribution < 1.29 is 19.0 Å². The van der Waals surface area contributed by atoms with Crippen LogP contribution in [0, 0.1) is 0 Å². The molecule has 32 heavy (non-hydrogen) atoms. The van der Waals surface area contributed by atoms with E-state index in [9.17, 15) is 4.79 Å². The summed E-state index contributed by atoms with van der Waals surface area (Å²) in [5, 5.41) is 4.79. The van der Waals surface area contributed by atoms with Crippen molar-refractivity contribution in [3.8, 4) is 17.2 Å². The fourth-order valence-corrected chi connectivity index (χ4v) is 3.00. The van der Waals surface area contributed by atoms with Gasteiger partial charge in [0, 0.05) is 11.1 Å². The molecule has 0 heterocycles. The Balaban J connectivity index is 1.55. The van der Waals surface area contributed by atoms with Crippen LogP contribution in [-0.4, -0.2) is 25.3 Å². The van der Waals surface area contributed by atoms with Crippen LogP contribution >= 0.6 is 23.2 Å². The first-order valence-corrected chi connectivity index (χ1v) is 10.6. The Bertz CT molecular complexity index is 1070. The van der Waals surface area contributed by atoms with Crippen molar-refractivity contribution in [2.24, 2.45) is 5.10 Å². The molecule has 1 N–H and O–H groups in total. The normalized spacial score (nSPS) is 10.7. The molecular weight excluding hydrogens is 451 g/mol. The fraction of sp³-hybridized carbons (Fsp3) is 0.167. The fourth-order valence-electron chi connectivity index (χ4n) is 2.67. The standard InChI is InChI=1S/C24H22Cl2N2O4/c1-2-30-23-12-18(8-11-21(23)31-15-17-6-4-3-5-7-17)14-27-28-24(29)16-32-22-13-19(25)9-10-20(22)26/h3-14H,2,15-16H2,1H3,(H,28,29). The lowest BCUT2D eigenvalue weighted by Gasteiger charge is -2.12. The van der Waals surface area contributed by atoms with Crippen LogP contribution in [0.2, 0.25) is 10.0 Å². The van der Waals surface area contributed by atoms with Gasteiger partial charge in [0.25, 0.3) is 5.91 Å². The van der Waals surface area contributed by atoms with Gasteiger partial charge in [-0.05, 0) is 48.4 Å². The van der Waals surface area contributed by atoms with E-state index in [1.54, 1.807) is 24.3 Å². The molecule has 0 saturated heterocycles. The molecule has 0 unspecified atom stereocenters. The van der Waals surface area contributed by atoms with Crippen molar-refractivity contribution in [1.29, 1.82) is 0 Å². The first kappa shape index (κ1) is 23.4. The van der Waals surface area contributed by atoms with E-state index < -0.39 is 5.91 Å². The molecule has 3 rings (SSSR count). The lowest BCUT2D eigenvalue weighted by Crippen LogP contribution is -2.24. The largest absolute Gasteiger partial charge is 0.490 e. The zero-order valence-corrected chi connectivity index (χ0v) is 18.9. The van der Waals surface area contributed by atoms with Crippen molar-refractivity contribution in [3.05, 3.63) is 87.9 Å². The summed E-state index contributed by atoms with van der Waals surface area (Å²) < 4.78 is 16.9. The third-order valence-corrected chi connectivity index (χ3v) is 4.71. The van der Waals surface area contributed by atoms with Crippen molar-refractivity contribution in [2.75, 3.05) is 13.2 Å². The van der Waals surface area contributed by atoms with E-state index in [0.29, 0.717) is 40.5 Å². The van der Waals surface area contributed by atoms with Gasteiger partial charge in [0.1, 0.15) is 12.4 Å². The van der Waals surface area contributed by atoms with Gasteiger partial charge >= 0.3 is 0 Å². The summed E-state index contributed by atoms with van der Waals surface area (Å²) in [7, 11) is 0. The lowest BCUT2D eigenvalue weighted by molar-refractivity contribution is -0.123. The van der Waals surface area contributed by atoms with Crippen LogP contribution in [0.4, 0.5) is 0 Å². The number of nitrogens with one attached hydrogen (secondary N) is 1. The number of hydrogen-bond acceptors (Lipinski definition) is 5. The molecule has 8 heteroatoms. The van der Waals surface area contributed by atoms with Gasteiger partial charge in [0.15, 0.2) is 18.1 Å². The number of ether oxygens (including phenoxy) is 3. The predicted molar refractivity (Wildman–Crippen MR) is 126 cm³/mol. The summed E-state index contributed by atoms with van der Waals surface area (Å²) in [6, 6.07) is 20.1. The maximum Gasteiger partial charge on any atom is 0.277 e. The zero-order chi connectivity index (χ0) is 22.8. The van der Waals surface area contributed by atoms with Crippen LogP contribution in [0.15, 0.2) is 71.8 Å². The lowest BCUT2D eigenvalue weighted by atomic mass is 10.2. The van der Waals surface area contributed by atoms with Crippen LogP contribution in [0.3, 0.4) is 0 Å². The summed E-state index contributed by atoms with van der Waals surface area (Å²) in [5.74, 6) is 1.11. The Morgan fingerprint density at radius 3 is 2.53 bits per heavy atom. The second kappa shape index (κ2) is 12.0. The van der Waals surface area contributed by atoms with E-state index in [2.05, 4.69) is 10.5 Å². The second-order valence-electron chi connectivity index (χ2n) is 6.57. The molecule has 0 saturated carbocycles. The first-order chi connectivity index (χ1) is 15.5. The summed E-state index contributed by atoms with van der Waals surface area (Å²) in [6.45, 7) is 2.56. The number of carbonyl (C=O) groups is 1. The van der Waals surface area contributed by atoms with Gasteiger partial charge in [0.05, 0.1) is 17.8 Å². The van der Waals surface area contributed by atoms with Gasteiger partial charge in [0.2, 0.25) is 0 Å². The molecule has 0 aromatic heterocycles. The quantitative estimate of drug-likeness (QED) is 0.312. The molecule has 166 valence electrons. The summed E-state index contributed by atoms with van der Waals surface area (Å²) >= 11 is 11.9. The van der Waals surface area contributed by atoms with E-state index >= 15 is 0 Å². The maximum atomic E-state index is 12.0. The Hall–Kier alpha value is -3.22. The number of halogens is 2. The van der Waals surface area contributed by atoms with Crippen LogP contribution in [0.25, 0.3) is 0 Å². The van der Waals surface area contributed by atoms with Crippen LogP contribution in [0.1, 0.15) is 18.1 Å². The highest BCUT2D eigenvalue weighted by Crippen LogP contribution is 2.29. The molecule has 6 nitrogen and oxygen atoms in total. The number of rotatable bonds is 10. The van der Waals surface area contributed by atoms with Crippen LogP contribution in [0.5, 0.6) is 17.2 Å². The monoisotopic (exact) mass is 472 g/mol. The Morgan fingerprint density at radius 1 is 0.938 bits per heavy atom. The number of hydrogen-bond donors (Lipinski definition) is 1. The topological polar surface area (TPSA) is 69.2 Å². The van der Waals surface area contributed by atoms with Gasteiger partial charge in [-0.2, -0.15) is 5.10 Å². The highest BCUT2D eigenvalue weighted by atomic mass is 35.5. The van der Waals surface area contributed by atoms with Gasteiger partial charge in [-0.25, -0.2) is 5.43 Å². The van der Waals surface area contributed by atoms with E-state index in [0.717, 1.165) is 11.1 Å². The molecule has 3 aromatic rings. The smallest absolute Gasteiger partial charge is 0.277 e. The van der Waals surface area contributed by atoms with Crippen LogP contribution < -0.4 is 19.6 Å². The van der Waals surface area contributed by atoms with Crippen molar-refractivity contribution in [2.45, 2.75) is 13.5 Å². The molecule has 0 bridgehead atoms. The molecular formula is C24H22Cl2N2O4. The summed E-state index contributed by atoms with van der Waals surface area (Å²) in [5.41, 5.74) is 4.20. The Morgan fingerprint density at radius 2 is 1.75 bits per heavy atom. The molecule has 0 radical (unpaired) electrons. The minimum absolute atomic E-state index is 0.256. The minimum Gasteiger partial charge on any atom is -0.490 e. The number of benzene rings is 3. The number of nitrogens with zero attached hydrogens (tertiary/aromatic N) is 1. The summed E-state index contributed by atoms with van der Waals surface area (Å²) in [4.78, 5) is 12.0. The van der Waals surface area contributed by atoms with Gasteiger partial charge < -0.3 is 14.2 Å². The first-order valence-electron chi connectivity index (χ1n) is 9.88.